The topological polar surface area (TPSA) is 47.6 Å². The van der Waals surface area contributed by atoms with Crippen LogP contribution in [0.3, 0.4) is 0 Å². The maximum Gasteiger partial charge on any atom is 0.255 e. The Balaban J connectivity index is 1.25. The van der Waals surface area contributed by atoms with Crippen molar-refractivity contribution in [3.8, 4) is 11.5 Å². The molecule has 0 aliphatic rings. The molecular formula is C29H27NO3. The van der Waals surface area contributed by atoms with E-state index in [1.165, 1.54) is 5.56 Å². The van der Waals surface area contributed by atoms with Crippen LogP contribution in [0.25, 0.3) is 0 Å². The summed E-state index contributed by atoms with van der Waals surface area (Å²) in [6.07, 6.45) is 1.94. The fraction of sp³-hybridized carbons (Fsp3) is 0.138. The third kappa shape index (κ3) is 6.97. The first-order chi connectivity index (χ1) is 16.3. The third-order valence-electron chi connectivity index (χ3n) is 5.18. The van der Waals surface area contributed by atoms with Crippen LogP contribution in [0.5, 0.6) is 11.5 Å². The van der Waals surface area contributed by atoms with Crippen LogP contribution in [0.4, 0.5) is 5.69 Å². The first kappa shape index (κ1) is 22.2. The average Bonchev–Trinajstić information content (AvgIpc) is 2.88. The van der Waals surface area contributed by atoms with E-state index in [2.05, 4.69) is 29.6 Å². The van der Waals surface area contributed by atoms with Gasteiger partial charge in [-0.3, -0.25) is 4.79 Å². The van der Waals surface area contributed by atoms with E-state index >= 15 is 0 Å². The predicted molar refractivity (Wildman–Crippen MR) is 132 cm³/mol. The van der Waals surface area contributed by atoms with E-state index in [4.69, 9.17) is 9.47 Å². The first-order valence-electron chi connectivity index (χ1n) is 11.1. The fourth-order valence-corrected chi connectivity index (χ4v) is 3.42. The van der Waals surface area contributed by atoms with Gasteiger partial charge in [-0.1, -0.05) is 66.7 Å². The Labute approximate surface area is 194 Å². The van der Waals surface area contributed by atoms with Crippen molar-refractivity contribution in [3.05, 3.63) is 126 Å². The lowest BCUT2D eigenvalue weighted by atomic mass is 10.1. The van der Waals surface area contributed by atoms with Crippen molar-refractivity contribution in [2.24, 2.45) is 0 Å². The molecule has 0 fully saturated rings. The van der Waals surface area contributed by atoms with Gasteiger partial charge in [-0.2, -0.15) is 0 Å². The maximum absolute atomic E-state index is 12.7. The molecule has 0 saturated carbocycles. The summed E-state index contributed by atoms with van der Waals surface area (Å²) >= 11 is 0. The van der Waals surface area contributed by atoms with Crippen molar-refractivity contribution >= 4 is 11.6 Å². The molecule has 1 N–H and O–H groups in total. The van der Waals surface area contributed by atoms with Gasteiger partial charge in [0.1, 0.15) is 18.1 Å². The highest BCUT2D eigenvalue weighted by Gasteiger charge is 2.08. The van der Waals surface area contributed by atoms with Crippen LogP contribution in [0.1, 0.15) is 27.9 Å². The second-order valence-corrected chi connectivity index (χ2v) is 7.72. The van der Waals surface area contributed by atoms with Gasteiger partial charge in [0.15, 0.2) is 0 Å². The minimum atomic E-state index is -0.184. The van der Waals surface area contributed by atoms with Crippen LogP contribution in [0.2, 0.25) is 0 Å². The van der Waals surface area contributed by atoms with E-state index in [-0.39, 0.29) is 5.91 Å². The van der Waals surface area contributed by atoms with Crippen molar-refractivity contribution in [1.29, 1.82) is 0 Å². The second kappa shape index (κ2) is 11.5. The molecule has 1 amide bonds. The lowest BCUT2D eigenvalue weighted by Crippen LogP contribution is -2.12. The van der Waals surface area contributed by atoms with Crippen LogP contribution in [0, 0.1) is 0 Å². The molecule has 0 bridgehead atoms. The molecule has 0 heterocycles. The molecule has 33 heavy (non-hydrogen) atoms. The summed E-state index contributed by atoms with van der Waals surface area (Å²) in [5.74, 6) is 1.26. The average molecular weight is 438 g/mol. The number of rotatable bonds is 10. The number of hydrogen-bond acceptors (Lipinski definition) is 3. The van der Waals surface area contributed by atoms with Crippen LogP contribution in [-0.4, -0.2) is 12.5 Å². The van der Waals surface area contributed by atoms with Gasteiger partial charge in [0.2, 0.25) is 0 Å². The highest BCUT2D eigenvalue weighted by Crippen LogP contribution is 2.19. The first-order valence-corrected chi connectivity index (χ1v) is 11.1. The van der Waals surface area contributed by atoms with E-state index in [9.17, 15) is 4.79 Å². The molecule has 166 valence electrons. The standard InChI is InChI=1S/C29H27NO3/c31-29(25-14-7-15-28(21-25)33-22-24-11-5-2-6-12-24)30-26-16-18-27(19-17-26)32-20-8-13-23-9-3-1-4-10-23/h1-7,9-12,14-19,21H,8,13,20,22H2,(H,30,31). The van der Waals surface area contributed by atoms with Gasteiger partial charge in [0, 0.05) is 11.3 Å². The Bertz CT molecular complexity index is 1140. The van der Waals surface area contributed by atoms with Crippen LogP contribution in [0.15, 0.2) is 109 Å². The van der Waals surface area contributed by atoms with Crippen molar-refractivity contribution < 1.29 is 14.3 Å². The number of hydrogen-bond donors (Lipinski definition) is 1. The van der Waals surface area contributed by atoms with Gasteiger partial charge >= 0.3 is 0 Å². The van der Waals surface area contributed by atoms with E-state index < -0.39 is 0 Å². The Kier molecular flexibility index (Phi) is 7.74. The van der Waals surface area contributed by atoms with Gasteiger partial charge in [0.25, 0.3) is 5.91 Å². The largest absolute Gasteiger partial charge is 0.494 e. The van der Waals surface area contributed by atoms with Gasteiger partial charge in [-0.05, 0) is 66.4 Å². The summed E-state index contributed by atoms with van der Waals surface area (Å²) in [5, 5.41) is 2.93. The zero-order valence-electron chi connectivity index (χ0n) is 18.4. The second-order valence-electron chi connectivity index (χ2n) is 7.72. The van der Waals surface area contributed by atoms with Crippen molar-refractivity contribution in [2.45, 2.75) is 19.4 Å². The Morgan fingerprint density at radius 2 is 1.36 bits per heavy atom. The summed E-state index contributed by atoms with van der Waals surface area (Å²) < 4.78 is 11.6. The van der Waals surface area contributed by atoms with Crippen LogP contribution in [-0.2, 0) is 13.0 Å². The van der Waals surface area contributed by atoms with Crippen molar-refractivity contribution in [1.82, 2.24) is 0 Å². The summed E-state index contributed by atoms with van der Waals surface area (Å²) in [7, 11) is 0. The molecule has 0 aliphatic carbocycles. The van der Waals surface area contributed by atoms with Gasteiger partial charge < -0.3 is 14.8 Å². The predicted octanol–water partition coefficient (Wildman–Crippen LogP) is 6.53. The zero-order chi connectivity index (χ0) is 22.7. The minimum Gasteiger partial charge on any atom is -0.494 e. The van der Waals surface area contributed by atoms with Crippen LogP contribution < -0.4 is 14.8 Å². The lowest BCUT2D eigenvalue weighted by molar-refractivity contribution is 0.102. The Hall–Kier alpha value is -4.05. The number of anilines is 1. The Morgan fingerprint density at radius 1 is 0.667 bits per heavy atom. The smallest absolute Gasteiger partial charge is 0.255 e. The molecule has 4 aromatic carbocycles. The molecule has 0 atom stereocenters. The molecule has 0 aliphatic heterocycles. The minimum absolute atomic E-state index is 0.184. The maximum atomic E-state index is 12.7. The third-order valence-corrected chi connectivity index (χ3v) is 5.18. The monoisotopic (exact) mass is 437 g/mol. The molecular weight excluding hydrogens is 410 g/mol. The zero-order valence-corrected chi connectivity index (χ0v) is 18.4. The SMILES string of the molecule is O=C(Nc1ccc(OCCCc2ccccc2)cc1)c1cccc(OCc2ccccc2)c1. The van der Waals surface area contributed by atoms with E-state index in [1.54, 1.807) is 12.1 Å². The number of carbonyl (C=O) groups is 1. The lowest BCUT2D eigenvalue weighted by Gasteiger charge is -2.10. The van der Waals surface area contributed by atoms with E-state index in [1.807, 2.05) is 72.8 Å². The molecule has 0 aromatic heterocycles. The molecule has 4 heteroatoms. The normalized spacial score (nSPS) is 10.4. The van der Waals surface area contributed by atoms with Crippen molar-refractivity contribution in [3.63, 3.8) is 0 Å². The number of ether oxygens (including phenoxy) is 2. The van der Waals surface area contributed by atoms with E-state index in [0.29, 0.717) is 30.2 Å². The number of carbonyl (C=O) groups excluding carboxylic acids is 1. The summed E-state index contributed by atoms with van der Waals surface area (Å²) in [5.41, 5.74) is 3.65. The molecule has 4 nitrogen and oxygen atoms in total. The van der Waals surface area contributed by atoms with Gasteiger partial charge in [-0.25, -0.2) is 0 Å². The van der Waals surface area contributed by atoms with Crippen molar-refractivity contribution in [2.75, 3.05) is 11.9 Å². The molecule has 0 radical (unpaired) electrons. The summed E-state index contributed by atoms with van der Waals surface area (Å²) in [4.78, 5) is 12.7. The van der Waals surface area contributed by atoms with Crippen LogP contribution >= 0.6 is 0 Å². The fourth-order valence-electron chi connectivity index (χ4n) is 3.42. The molecule has 4 aromatic rings. The molecule has 0 saturated heterocycles. The van der Waals surface area contributed by atoms with Gasteiger partial charge in [0.05, 0.1) is 6.61 Å². The molecule has 0 spiro atoms. The van der Waals surface area contributed by atoms with E-state index in [0.717, 1.165) is 24.2 Å². The molecule has 4 rings (SSSR count). The quantitative estimate of drug-likeness (QED) is 0.287. The highest BCUT2D eigenvalue weighted by atomic mass is 16.5. The Morgan fingerprint density at radius 3 is 2.09 bits per heavy atom. The number of amides is 1. The van der Waals surface area contributed by atoms with Gasteiger partial charge in [-0.15, -0.1) is 0 Å². The number of aryl methyl sites for hydroxylation is 1. The molecule has 0 unspecified atom stereocenters. The summed E-state index contributed by atoms with van der Waals surface area (Å²) in [6.45, 7) is 1.11. The summed E-state index contributed by atoms with van der Waals surface area (Å²) in [6, 6.07) is 35.0. The number of nitrogens with one attached hydrogen (secondary N) is 1. The number of benzene rings is 4. The highest BCUT2D eigenvalue weighted by molar-refractivity contribution is 6.04.